The van der Waals surface area contributed by atoms with Gasteiger partial charge < -0.3 is 20.9 Å². The molecule has 0 radical (unpaired) electrons. The fourth-order valence-electron chi connectivity index (χ4n) is 4.24. The van der Waals surface area contributed by atoms with E-state index >= 15 is 0 Å². The molecule has 154 valence electrons. The molecule has 0 aliphatic carbocycles. The lowest BCUT2D eigenvalue weighted by Gasteiger charge is -2.41. The minimum absolute atomic E-state index is 0.0684. The normalized spacial score (nSPS) is 22.7. The van der Waals surface area contributed by atoms with E-state index in [0.29, 0.717) is 32.5 Å². The second-order valence-electron chi connectivity index (χ2n) is 7.92. The monoisotopic (exact) mass is 380 g/mol. The topological polar surface area (TPSA) is 95.7 Å². The van der Waals surface area contributed by atoms with E-state index in [1.54, 1.807) is 0 Å². The van der Waals surface area contributed by atoms with Gasteiger partial charge in [-0.1, -0.05) is 33.1 Å². The quantitative estimate of drug-likeness (QED) is 0.629. The second-order valence-corrected chi connectivity index (χ2v) is 7.92. The van der Waals surface area contributed by atoms with Crippen molar-refractivity contribution in [3.63, 3.8) is 0 Å². The average Bonchev–Trinajstić information content (AvgIpc) is 2.65. The predicted octanol–water partition coefficient (Wildman–Crippen LogP) is 1.26. The minimum atomic E-state index is -0.360. The molecule has 2 aliphatic heterocycles. The Hall–Kier alpha value is -1.63. The summed E-state index contributed by atoms with van der Waals surface area (Å²) in [5.74, 6) is 0.146. The summed E-state index contributed by atoms with van der Waals surface area (Å²) in [6.07, 6.45) is 6.48. The van der Waals surface area contributed by atoms with Crippen molar-refractivity contribution in [3.8, 4) is 0 Å². The van der Waals surface area contributed by atoms with Crippen LogP contribution in [0.15, 0.2) is 0 Å². The van der Waals surface area contributed by atoms with E-state index < -0.39 is 0 Å². The van der Waals surface area contributed by atoms with Crippen molar-refractivity contribution in [1.29, 1.82) is 0 Å². The van der Waals surface area contributed by atoms with Crippen LogP contribution in [-0.2, 0) is 14.4 Å². The van der Waals surface area contributed by atoms with Gasteiger partial charge in [0.1, 0.15) is 6.04 Å². The smallest absolute Gasteiger partial charge is 0.245 e. The summed E-state index contributed by atoms with van der Waals surface area (Å²) in [5, 5.41) is 3.31. The van der Waals surface area contributed by atoms with Gasteiger partial charge in [-0.05, 0) is 31.6 Å². The van der Waals surface area contributed by atoms with Crippen molar-refractivity contribution in [3.05, 3.63) is 0 Å². The maximum atomic E-state index is 13.2. The lowest BCUT2D eigenvalue weighted by molar-refractivity contribution is -0.150. The summed E-state index contributed by atoms with van der Waals surface area (Å²) in [7, 11) is 0. The van der Waals surface area contributed by atoms with Crippen LogP contribution in [0.1, 0.15) is 65.2 Å². The Morgan fingerprint density at radius 1 is 1.19 bits per heavy atom. The highest BCUT2D eigenvalue weighted by molar-refractivity contribution is 5.90. The SMILES string of the molecule is CCCC[C@@H]1NCCN(C(CCC)C(=O)N2CCC(CC(N)=O)CC2)C1=O. The molecule has 0 spiro atoms. The maximum absolute atomic E-state index is 13.2. The van der Waals surface area contributed by atoms with Crippen molar-refractivity contribution >= 4 is 17.7 Å². The van der Waals surface area contributed by atoms with E-state index in [4.69, 9.17) is 5.73 Å². The number of hydrogen-bond acceptors (Lipinski definition) is 4. The van der Waals surface area contributed by atoms with Gasteiger partial charge in [0, 0.05) is 32.6 Å². The van der Waals surface area contributed by atoms with E-state index in [2.05, 4.69) is 19.2 Å². The predicted molar refractivity (Wildman–Crippen MR) is 105 cm³/mol. The molecule has 1 unspecified atom stereocenters. The van der Waals surface area contributed by atoms with Crippen LogP contribution in [0.25, 0.3) is 0 Å². The number of hydrogen-bond donors (Lipinski definition) is 2. The molecule has 0 saturated carbocycles. The molecule has 2 heterocycles. The molecule has 27 heavy (non-hydrogen) atoms. The number of piperidine rings is 1. The summed E-state index contributed by atoms with van der Waals surface area (Å²) in [6.45, 7) is 6.81. The first kappa shape index (κ1) is 21.7. The molecule has 0 aromatic rings. The lowest BCUT2D eigenvalue weighted by atomic mass is 9.92. The van der Waals surface area contributed by atoms with Crippen LogP contribution in [0.3, 0.4) is 0 Å². The number of primary amides is 1. The summed E-state index contributed by atoms with van der Waals surface area (Å²) >= 11 is 0. The highest BCUT2D eigenvalue weighted by Crippen LogP contribution is 2.23. The standard InChI is InChI=1S/C20H36N4O3/c1-3-5-7-16-19(26)24(13-10-22-16)17(6-4-2)20(27)23-11-8-15(9-12-23)14-18(21)25/h15-17,22H,3-14H2,1-2H3,(H2,21,25)/t16-,17?/m0/s1. The molecule has 7 heteroatoms. The number of unbranched alkanes of at least 4 members (excludes halogenated alkanes) is 1. The van der Waals surface area contributed by atoms with Gasteiger partial charge >= 0.3 is 0 Å². The van der Waals surface area contributed by atoms with Crippen LogP contribution in [-0.4, -0.2) is 65.8 Å². The molecule has 2 aliphatic rings. The third kappa shape index (κ3) is 5.92. The van der Waals surface area contributed by atoms with Gasteiger partial charge in [0.2, 0.25) is 17.7 Å². The zero-order chi connectivity index (χ0) is 19.8. The molecule has 3 amide bonds. The fraction of sp³-hybridized carbons (Fsp3) is 0.850. The number of rotatable bonds is 9. The van der Waals surface area contributed by atoms with Gasteiger partial charge in [-0.2, -0.15) is 0 Å². The average molecular weight is 381 g/mol. The highest BCUT2D eigenvalue weighted by Gasteiger charge is 2.38. The first-order valence-corrected chi connectivity index (χ1v) is 10.6. The van der Waals surface area contributed by atoms with E-state index in [0.717, 1.165) is 45.1 Å². The molecule has 2 saturated heterocycles. The number of carbonyl (C=O) groups is 3. The third-order valence-electron chi connectivity index (χ3n) is 5.81. The van der Waals surface area contributed by atoms with Crippen molar-refractivity contribution in [2.45, 2.75) is 77.3 Å². The molecule has 0 aromatic carbocycles. The molecule has 2 rings (SSSR count). The molecule has 2 atom stereocenters. The van der Waals surface area contributed by atoms with Crippen molar-refractivity contribution in [2.24, 2.45) is 11.7 Å². The molecule has 0 aromatic heterocycles. The van der Waals surface area contributed by atoms with E-state index in [9.17, 15) is 14.4 Å². The van der Waals surface area contributed by atoms with Gasteiger partial charge in [-0.15, -0.1) is 0 Å². The van der Waals surface area contributed by atoms with Crippen LogP contribution in [0.5, 0.6) is 0 Å². The minimum Gasteiger partial charge on any atom is -0.370 e. The number of nitrogens with one attached hydrogen (secondary N) is 1. The number of likely N-dealkylation sites (tertiary alicyclic amines) is 1. The van der Waals surface area contributed by atoms with Crippen LogP contribution in [0.4, 0.5) is 0 Å². The molecule has 2 fully saturated rings. The Balaban J connectivity index is 2.00. The number of amides is 3. The van der Waals surface area contributed by atoms with Gasteiger partial charge in [0.25, 0.3) is 0 Å². The van der Waals surface area contributed by atoms with Crippen LogP contribution < -0.4 is 11.1 Å². The summed E-state index contributed by atoms with van der Waals surface area (Å²) < 4.78 is 0. The molecular weight excluding hydrogens is 344 g/mol. The number of nitrogens with zero attached hydrogens (tertiary/aromatic N) is 2. The zero-order valence-corrected chi connectivity index (χ0v) is 16.9. The zero-order valence-electron chi connectivity index (χ0n) is 16.9. The van der Waals surface area contributed by atoms with Crippen LogP contribution in [0, 0.1) is 5.92 Å². The first-order valence-electron chi connectivity index (χ1n) is 10.6. The Morgan fingerprint density at radius 2 is 1.89 bits per heavy atom. The number of piperazine rings is 1. The number of nitrogens with two attached hydrogens (primary N) is 1. The largest absolute Gasteiger partial charge is 0.370 e. The molecule has 3 N–H and O–H groups in total. The third-order valence-corrected chi connectivity index (χ3v) is 5.81. The van der Waals surface area contributed by atoms with Gasteiger partial charge in [-0.25, -0.2) is 0 Å². The first-order chi connectivity index (χ1) is 13.0. The Kier molecular flexibility index (Phi) is 8.54. The Morgan fingerprint density at radius 3 is 2.48 bits per heavy atom. The van der Waals surface area contributed by atoms with Crippen molar-refractivity contribution in [1.82, 2.24) is 15.1 Å². The van der Waals surface area contributed by atoms with E-state index in [1.807, 2.05) is 9.80 Å². The van der Waals surface area contributed by atoms with Gasteiger partial charge in [0.15, 0.2) is 0 Å². The highest BCUT2D eigenvalue weighted by atomic mass is 16.2. The fourth-order valence-corrected chi connectivity index (χ4v) is 4.24. The Bertz CT molecular complexity index is 517. The van der Waals surface area contributed by atoms with Gasteiger partial charge in [0.05, 0.1) is 6.04 Å². The Labute approximate surface area is 163 Å². The van der Waals surface area contributed by atoms with E-state index in [1.165, 1.54) is 0 Å². The summed E-state index contributed by atoms with van der Waals surface area (Å²) in [5.41, 5.74) is 5.30. The van der Waals surface area contributed by atoms with Crippen LogP contribution >= 0.6 is 0 Å². The summed E-state index contributed by atoms with van der Waals surface area (Å²) in [4.78, 5) is 41.0. The molecule has 7 nitrogen and oxygen atoms in total. The molecule has 0 bridgehead atoms. The van der Waals surface area contributed by atoms with Gasteiger partial charge in [-0.3, -0.25) is 14.4 Å². The second kappa shape index (κ2) is 10.6. The van der Waals surface area contributed by atoms with Crippen LogP contribution in [0.2, 0.25) is 0 Å². The summed E-state index contributed by atoms with van der Waals surface area (Å²) in [6, 6.07) is -0.520. The molecular formula is C20H36N4O3. The lowest BCUT2D eigenvalue weighted by Crippen LogP contribution is -2.61. The van der Waals surface area contributed by atoms with Crippen molar-refractivity contribution in [2.75, 3.05) is 26.2 Å². The van der Waals surface area contributed by atoms with Crippen molar-refractivity contribution < 1.29 is 14.4 Å². The van der Waals surface area contributed by atoms with E-state index in [-0.39, 0.29) is 35.7 Å². The number of carbonyl (C=O) groups excluding carboxylic acids is 3. The maximum Gasteiger partial charge on any atom is 0.245 e.